The van der Waals surface area contributed by atoms with Crippen molar-refractivity contribution in [2.45, 2.75) is 78.7 Å². The SMILES string of the molecule is C=CC(C/C=C(\C)OC(O)Oc1ccc(OC(C)(C)C)cc1)OC(C)(C)C. The second-order valence-corrected chi connectivity index (χ2v) is 8.28. The number of aliphatic hydroxyl groups excluding tert-OH is 1. The Hall–Kier alpha value is -1.98. The molecule has 1 rings (SSSR count). The number of ether oxygens (including phenoxy) is 4. The molecule has 0 bridgehead atoms. The summed E-state index contributed by atoms with van der Waals surface area (Å²) in [7, 11) is 0. The second-order valence-electron chi connectivity index (χ2n) is 8.28. The Kier molecular flexibility index (Phi) is 8.38. The molecule has 1 aromatic rings. The highest BCUT2D eigenvalue weighted by atomic mass is 16.8. The van der Waals surface area contributed by atoms with Crippen LogP contribution >= 0.6 is 0 Å². The normalized spacial score (nSPS) is 15.0. The molecule has 2 atom stereocenters. The van der Waals surface area contributed by atoms with Gasteiger partial charge in [-0.1, -0.05) is 6.08 Å². The molecule has 0 aliphatic carbocycles. The number of benzene rings is 1. The molecule has 2 unspecified atom stereocenters. The van der Waals surface area contributed by atoms with Gasteiger partial charge in [0.2, 0.25) is 0 Å². The zero-order valence-electron chi connectivity index (χ0n) is 17.6. The van der Waals surface area contributed by atoms with Crippen LogP contribution in [-0.4, -0.2) is 28.9 Å². The van der Waals surface area contributed by atoms with Crippen LogP contribution in [0.2, 0.25) is 0 Å². The van der Waals surface area contributed by atoms with Gasteiger partial charge in [0.15, 0.2) is 0 Å². The molecule has 5 heteroatoms. The first kappa shape index (κ1) is 23.1. The van der Waals surface area contributed by atoms with E-state index in [-0.39, 0.29) is 17.3 Å². The molecule has 0 radical (unpaired) electrons. The monoisotopic (exact) mass is 378 g/mol. The molecule has 0 saturated carbocycles. The van der Waals surface area contributed by atoms with Gasteiger partial charge in [0.1, 0.15) is 17.1 Å². The molecule has 0 saturated heterocycles. The quantitative estimate of drug-likeness (QED) is 0.364. The molecule has 0 heterocycles. The van der Waals surface area contributed by atoms with Crippen molar-refractivity contribution in [3.63, 3.8) is 0 Å². The van der Waals surface area contributed by atoms with Crippen LogP contribution in [0.3, 0.4) is 0 Å². The van der Waals surface area contributed by atoms with Crippen LogP contribution in [0, 0.1) is 0 Å². The summed E-state index contributed by atoms with van der Waals surface area (Å²) in [6.07, 6.45) is 4.06. The standard InChI is InChI=1S/C22H34O5/c1-9-17(26-21(3,4)5)11-10-16(2)24-20(23)25-18-12-14-19(15-13-18)27-22(6,7)8/h9-10,12-15,17,20,23H,1,11H2,2-8H3/b16-10+. The molecule has 0 aliphatic heterocycles. The Balaban J connectivity index is 2.53. The lowest BCUT2D eigenvalue weighted by molar-refractivity contribution is -0.193. The van der Waals surface area contributed by atoms with Crippen molar-refractivity contribution in [2.75, 3.05) is 0 Å². The van der Waals surface area contributed by atoms with Crippen molar-refractivity contribution < 1.29 is 24.1 Å². The summed E-state index contributed by atoms with van der Waals surface area (Å²) in [6, 6.07) is 7.01. The summed E-state index contributed by atoms with van der Waals surface area (Å²) in [4.78, 5) is 0. The molecule has 0 aliphatic rings. The number of rotatable bonds is 9. The lowest BCUT2D eigenvalue weighted by atomic mass is 10.1. The van der Waals surface area contributed by atoms with Gasteiger partial charge >= 0.3 is 6.48 Å². The second kappa shape index (κ2) is 9.81. The van der Waals surface area contributed by atoms with Gasteiger partial charge in [0.25, 0.3) is 0 Å². The molecular formula is C22H34O5. The van der Waals surface area contributed by atoms with Gasteiger partial charge in [-0.2, -0.15) is 0 Å². The molecule has 27 heavy (non-hydrogen) atoms. The van der Waals surface area contributed by atoms with E-state index in [4.69, 9.17) is 18.9 Å². The first-order valence-electron chi connectivity index (χ1n) is 9.15. The molecule has 5 nitrogen and oxygen atoms in total. The summed E-state index contributed by atoms with van der Waals surface area (Å²) in [5.74, 6) is 1.76. The zero-order valence-corrected chi connectivity index (χ0v) is 17.6. The number of allylic oxidation sites excluding steroid dienone is 1. The third-order valence-electron chi connectivity index (χ3n) is 3.18. The molecular weight excluding hydrogens is 344 g/mol. The average molecular weight is 379 g/mol. The van der Waals surface area contributed by atoms with Crippen LogP contribution in [0.15, 0.2) is 48.8 Å². The van der Waals surface area contributed by atoms with E-state index < -0.39 is 6.48 Å². The predicted molar refractivity (Wildman–Crippen MR) is 108 cm³/mol. The summed E-state index contributed by atoms with van der Waals surface area (Å²) in [5.41, 5.74) is -0.528. The zero-order chi connectivity index (χ0) is 20.7. The molecule has 1 aromatic carbocycles. The van der Waals surface area contributed by atoms with Crippen LogP contribution in [0.1, 0.15) is 54.9 Å². The van der Waals surface area contributed by atoms with Crippen molar-refractivity contribution in [3.05, 3.63) is 48.8 Å². The van der Waals surface area contributed by atoms with Crippen LogP contribution in [0.5, 0.6) is 11.5 Å². The molecule has 0 spiro atoms. The van der Waals surface area contributed by atoms with Crippen molar-refractivity contribution >= 4 is 0 Å². The first-order chi connectivity index (χ1) is 12.4. The number of hydrogen-bond acceptors (Lipinski definition) is 5. The van der Waals surface area contributed by atoms with Gasteiger partial charge in [0, 0.05) is 0 Å². The first-order valence-corrected chi connectivity index (χ1v) is 9.15. The van der Waals surface area contributed by atoms with E-state index in [1.165, 1.54) is 0 Å². The summed E-state index contributed by atoms with van der Waals surface area (Å²) >= 11 is 0. The van der Waals surface area contributed by atoms with Crippen LogP contribution in [0.4, 0.5) is 0 Å². The van der Waals surface area contributed by atoms with E-state index >= 15 is 0 Å². The fourth-order valence-corrected chi connectivity index (χ4v) is 2.22. The van der Waals surface area contributed by atoms with Crippen LogP contribution in [-0.2, 0) is 9.47 Å². The van der Waals surface area contributed by atoms with Gasteiger partial charge in [-0.3, -0.25) is 0 Å². The van der Waals surface area contributed by atoms with Crippen molar-refractivity contribution in [2.24, 2.45) is 0 Å². The minimum atomic E-state index is -1.40. The average Bonchev–Trinajstić information content (AvgIpc) is 2.50. The number of hydrogen-bond donors (Lipinski definition) is 1. The molecule has 0 amide bonds. The van der Waals surface area contributed by atoms with Gasteiger partial charge < -0.3 is 24.1 Å². The van der Waals surface area contributed by atoms with E-state index in [9.17, 15) is 5.11 Å². The van der Waals surface area contributed by atoms with Crippen LogP contribution in [0.25, 0.3) is 0 Å². The van der Waals surface area contributed by atoms with Gasteiger partial charge in [-0.05, 0) is 85.2 Å². The van der Waals surface area contributed by atoms with Crippen molar-refractivity contribution in [1.29, 1.82) is 0 Å². The third-order valence-corrected chi connectivity index (χ3v) is 3.18. The minimum Gasteiger partial charge on any atom is -0.488 e. The molecule has 0 aromatic heterocycles. The highest BCUT2D eigenvalue weighted by Gasteiger charge is 2.16. The van der Waals surface area contributed by atoms with Crippen molar-refractivity contribution in [1.82, 2.24) is 0 Å². The van der Waals surface area contributed by atoms with E-state index in [0.29, 0.717) is 17.9 Å². The Morgan fingerprint density at radius 2 is 1.59 bits per heavy atom. The van der Waals surface area contributed by atoms with E-state index in [2.05, 4.69) is 6.58 Å². The molecule has 152 valence electrons. The molecule has 1 N–H and O–H groups in total. The minimum absolute atomic E-state index is 0.128. The predicted octanol–water partition coefficient (Wildman–Crippen LogP) is 5.20. The van der Waals surface area contributed by atoms with E-state index in [1.54, 1.807) is 37.3 Å². The Labute approximate surface area is 163 Å². The maximum Gasteiger partial charge on any atom is 0.357 e. The largest absolute Gasteiger partial charge is 0.488 e. The maximum absolute atomic E-state index is 9.97. The highest BCUT2D eigenvalue weighted by Crippen LogP contribution is 2.22. The van der Waals surface area contributed by atoms with Crippen molar-refractivity contribution in [3.8, 4) is 11.5 Å². The summed E-state index contributed by atoms with van der Waals surface area (Å²) < 4.78 is 22.3. The fraction of sp³-hybridized carbons (Fsp3) is 0.545. The Morgan fingerprint density at radius 1 is 1.04 bits per heavy atom. The molecule has 0 fully saturated rings. The summed E-state index contributed by atoms with van der Waals surface area (Å²) in [6.45, 7) is 16.1. The van der Waals surface area contributed by atoms with E-state index in [1.807, 2.05) is 47.6 Å². The van der Waals surface area contributed by atoms with Gasteiger partial charge in [0.05, 0.1) is 17.5 Å². The van der Waals surface area contributed by atoms with Gasteiger partial charge in [-0.25, -0.2) is 0 Å². The smallest absolute Gasteiger partial charge is 0.357 e. The lowest BCUT2D eigenvalue weighted by Crippen LogP contribution is -2.26. The highest BCUT2D eigenvalue weighted by molar-refractivity contribution is 5.31. The summed E-state index contributed by atoms with van der Waals surface area (Å²) in [5, 5.41) is 9.97. The maximum atomic E-state index is 9.97. The lowest BCUT2D eigenvalue weighted by Gasteiger charge is -2.25. The fourth-order valence-electron chi connectivity index (χ4n) is 2.22. The van der Waals surface area contributed by atoms with E-state index in [0.717, 1.165) is 5.75 Å². The Morgan fingerprint density at radius 3 is 2.07 bits per heavy atom. The Bertz CT molecular complexity index is 605. The number of aliphatic hydroxyl groups is 1. The third kappa shape index (κ3) is 10.7. The van der Waals surface area contributed by atoms with Crippen LogP contribution < -0.4 is 9.47 Å². The topological polar surface area (TPSA) is 57.2 Å². The van der Waals surface area contributed by atoms with Gasteiger partial charge in [-0.15, -0.1) is 6.58 Å².